The molecule has 0 saturated heterocycles. The molecule has 18 heavy (non-hydrogen) atoms. The first-order chi connectivity index (χ1) is 8.29. The zero-order chi connectivity index (χ0) is 13.9. The molecule has 0 aromatic carbocycles. The van der Waals surface area contributed by atoms with Crippen LogP contribution < -0.4 is 0 Å². The molecule has 0 unspecified atom stereocenters. The first-order valence-corrected chi connectivity index (χ1v) is 6.69. The minimum atomic E-state index is -0.888. The van der Waals surface area contributed by atoms with Crippen molar-refractivity contribution in [3.63, 3.8) is 0 Å². The average Bonchev–Trinajstić information content (AvgIpc) is 2.70. The fraction of sp³-hybridized carbons (Fsp3) is 0.727. The van der Waals surface area contributed by atoms with Gasteiger partial charge in [-0.1, -0.05) is 25.6 Å². The fourth-order valence-corrected chi connectivity index (χ4v) is 2.29. The molecule has 6 nitrogen and oxygen atoms in total. The van der Waals surface area contributed by atoms with Gasteiger partial charge in [0.2, 0.25) is 0 Å². The van der Waals surface area contributed by atoms with E-state index in [0.717, 1.165) is 11.8 Å². The maximum atomic E-state index is 10.6. The molecule has 7 heteroatoms. The lowest BCUT2D eigenvalue weighted by Crippen LogP contribution is -2.28. The number of rotatable bonds is 6. The first kappa shape index (κ1) is 15.0. The molecule has 0 amide bonds. The summed E-state index contributed by atoms with van der Waals surface area (Å²) < 4.78 is 1.88. The summed E-state index contributed by atoms with van der Waals surface area (Å²) in [6.45, 7) is 7.67. The van der Waals surface area contributed by atoms with Crippen molar-refractivity contribution in [2.45, 2.75) is 44.3 Å². The smallest absolute Gasteiger partial charge is 0.313 e. The molecule has 0 aliphatic rings. The highest BCUT2D eigenvalue weighted by Gasteiger charge is 2.29. The number of aromatic nitrogens is 3. The summed E-state index contributed by atoms with van der Waals surface area (Å²) in [5.74, 6) is -0.265. The van der Waals surface area contributed by atoms with Crippen LogP contribution in [0.3, 0.4) is 0 Å². The lowest BCUT2D eigenvalue weighted by atomic mass is 9.93. The largest absolute Gasteiger partial charge is 0.481 e. The summed E-state index contributed by atoms with van der Waals surface area (Å²) in [7, 11) is 0. The average molecular weight is 273 g/mol. The van der Waals surface area contributed by atoms with Gasteiger partial charge in [-0.2, -0.15) is 0 Å². The first-order valence-electron chi connectivity index (χ1n) is 5.70. The molecular weight excluding hydrogens is 254 g/mol. The molecule has 0 atom stereocenters. The van der Waals surface area contributed by atoms with Gasteiger partial charge >= 0.3 is 5.97 Å². The van der Waals surface area contributed by atoms with E-state index in [1.54, 1.807) is 0 Å². The van der Waals surface area contributed by atoms with Crippen LogP contribution in [0, 0.1) is 0 Å². The Labute approximate surface area is 110 Å². The number of hydrogen-bond acceptors (Lipinski definition) is 5. The van der Waals surface area contributed by atoms with E-state index in [2.05, 4.69) is 10.2 Å². The van der Waals surface area contributed by atoms with E-state index in [4.69, 9.17) is 5.11 Å². The van der Waals surface area contributed by atoms with Crippen LogP contribution in [0.25, 0.3) is 0 Å². The number of carbonyl (C=O) groups is 1. The standard InChI is InChI=1S/C11H19N3O3S/c1-7(2)14-9(11(3,4)6-15)12-13-10(14)18-5-8(16)17/h7,15H,5-6H2,1-4H3,(H,16,17). The van der Waals surface area contributed by atoms with Crippen LogP contribution in [-0.4, -0.2) is 43.3 Å². The number of thioether (sulfide) groups is 1. The third-order valence-electron chi connectivity index (χ3n) is 2.51. The van der Waals surface area contributed by atoms with Gasteiger partial charge in [0.15, 0.2) is 5.16 Å². The number of aliphatic carboxylic acids is 1. The van der Waals surface area contributed by atoms with Crippen molar-refractivity contribution >= 4 is 17.7 Å². The van der Waals surface area contributed by atoms with Gasteiger partial charge in [0.05, 0.1) is 12.4 Å². The van der Waals surface area contributed by atoms with Crippen LogP contribution in [0.5, 0.6) is 0 Å². The van der Waals surface area contributed by atoms with E-state index in [1.807, 2.05) is 32.3 Å². The highest BCUT2D eigenvalue weighted by atomic mass is 32.2. The van der Waals surface area contributed by atoms with Crippen molar-refractivity contribution in [1.29, 1.82) is 0 Å². The predicted octanol–water partition coefficient (Wildman–Crippen LogP) is 1.31. The molecule has 1 rings (SSSR count). The molecule has 1 aromatic heterocycles. The highest BCUT2D eigenvalue weighted by molar-refractivity contribution is 7.99. The minimum Gasteiger partial charge on any atom is -0.481 e. The lowest BCUT2D eigenvalue weighted by Gasteiger charge is -2.24. The Morgan fingerprint density at radius 3 is 2.50 bits per heavy atom. The molecule has 0 aliphatic heterocycles. The number of aliphatic hydroxyl groups excluding tert-OH is 1. The molecule has 1 heterocycles. The highest BCUT2D eigenvalue weighted by Crippen LogP contribution is 2.28. The minimum absolute atomic E-state index is 0.0402. The predicted molar refractivity (Wildman–Crippen MR) is 68.9 cm³/mol. The number of nitrogens with zero attached hydrogens (tertiary/aromatic N) is 3. The molecule has 0 bridgehead atoms. The molecule has 2 N–H and O–H groups in total. The quantitative estimate of drug-likeness (QED) is 0.760. The molecule has 0 fully saturated rings. The Hall–Kier alpha value is -1.08. The Balaban J connectivity index is 3.11. The van der Waals surface area contributed by atoms with E-state index in [-0.39, 0.29) is 18.4 Å². The monoisotopic (exact) mass is 273 g/mol. The van der Waals surface area contributed by atoms with Gasteiger partial charge in [0.25, 0.3) is 0 Å². The summed E-state index contributed by atoms with van der Waals surface area (Å²) in [5.41, 5.74) is -0.501. The van der Waals surface area contributed by atoms with Crippen LogP contribution in [-0.2, 0) is 10.2 Å². The maximum Gasteiger partial charge on any atom is 0.313 e. The van der Waals surface area contributed by atoms with E-state index < -0.39 is 11.4 Å². The molecule has 0 saturated carbocycles. The lowest BCUT2D eigenvalue weighted by molar-refractivity contribution is -0.133. The van der Waals surface area contributed by atoms with Crippen molar-refractivity contribution in [2.24, 2.45) is 0 Å². The number of carboxylic acids is 1. The van der Waals surface area contributed by atoms with Crippen molar-refractivity contribution in [2.75, 3.05) is 12.4 Å². The van der Waals surface area contributed by atoms with Crippen LogP contribution in [0.15, 0.2) is 5.16 Å². The van der Waals surface area contributed by atoms with Gasteiger partial charge in [-0.15, -0.1) is 10.2 Å². The summed E-state index contributed by atoms with van der Waals surface area (Å²) >= 11 is 1.14. The summed E-state index contributed by atoms with van der Waals surface area (Å²) in [6, 6.07) is 0.108. The second-order valence-electron chi connectivity index (χ2n) is 4.99. The van der Waals surface area contributed by atoms with Crippen LogP contribution in [0.1, 0.15) is 39.6 Å². The Kier molecular flexibility index (Phi) is 4.75. The Morgan fingerprint density at radius 1 is 1.44 bits per heavy atom. The van der Waals surface area contributed by atoms with Crippen LogP contribution in [0.2, 0.25) is 0 Å². The third-order valence-corrected chi connectivity index (χ3v) is 3.43. The molecular formula is C11H19N3O3S. The normalized spacial score (nSPS) is 12.1. The van der Waals surface area contributed by atoms with E-state index in [1.165, 1.54) is 0 Å². The van der Waals surface area contributed by atoms with E-state index in [9.17, 15) is 9.90 Å². The Bertz CT molecular complexity index is 429. The van der Waals surface area contributed by atoms with Crippen LogP contribution in [0.4, 0.5) is 0 Å². The zero-order valence-corrected chi connectivity index (χ0v) is 11.9. The number of aliphatic hydroxyl groups is 1. The maximum absolute atomic E-state index is 10.6. The van der Waals surface area contributed by atoms with E-state index >= 15 is 0 Å². The SMILES string of the molecule is CC(C)n1c(SCC(=O)O)nnc1C(C)(C)CO. The second kappa shape index (κ2) is 5.71. The van der Waals surface area contributed by atoms with E-state index in [0.29, 0.717) is 11.0 Å². The molecule has 0 radical (unpaired) electrons. The zero-order valence-electron chi connectivity index (χ0n) is 11.0. The topological polar surface area (TPSA) is 88.2 Å². The van der Waals surface area contributed by atoms with Gasteiger partial charge < -0.3 is 14.8 Å². The molecule has 102 valence electrons. The van der Waals surface area contributed by atoms with Crippen molar-refractivity contribution in [3.05, 3.63) is 5.82 Å². The van der Waals surface area contributed by atoms with Gasteiger partial charge in [0.1, 0.15) is 5.82 Å². The third kappa shape index (κ3) is 3.23. The van der Waals surface area contributed by atoms with Crippen molar-refractivity contribution in [3.8, 4) is 0 Å². The Morgan fingerprint density at radius 2 is 2.06 bits per heavy atom. The van der Waals surface area contributed by atoms with Gasteiger partial charge in [0, 0.05) is 11.5 Å². The summed E-state index contributed by atoms with van der Waals surface area (Å²) in [4.78, 5) is 10.6. The summed E-state index contributed by atoms with van der Waals surface area (Å²) in [6.07, 6.45) is 0. The number of carboxylic acid groups (broad SMARTS) is 1. The van der Waals surface area contributed by atoms with Gasteiger partial charge in [-0.25, -0.2) is 0 Å². The van der Waals surface area contributed by atoms with Gasteiger partial charge in [-0.3, -0.25) is 4.79 Å². The van der Waals surface area contributed by atoms with Crippen LogP contribution >= 0.6 is 11.8 Å². The molecule has 0 spiro atoms. The molecule has 0 aliphatic carbocycles. The molecule has 1 aromatic rings. The summed E-state index contributed by atoms with van der Waals surface area (Å²) in [5, 5.41) is 26.8. The van der Waals surface area contributed by atoms with Gasteiger partial charge in [-0.05, 0) is 13.8 Å². The number of hydrogen-bond donors (Lipinski definition) is 2. The van der Waals surface area contributed by atoms with Crippen molar-refractivity contribution < 1.29 is 15.0 Å². The van der Waals surface area contributed by atoms with Crippen molar-refractivity contribution in [1.82, 2.24) is 14.8 Å². The fourth-order valence-electron chi connectivity index (χ4n) is 1.50. The second-order valence-corrected chi connectivity index (χ2v) is 5.94.